The summed E-state index contributed by atoms with van der Waals surface area (Å²) < 4.78 is 12.7. The Balaban J connectivity index is 1.33. The first-order valence-electron chi connectivity index (χ1n) is 9.12. The Morgan fingerprint density at radius 3 is 2.82 bits per heavy atom. The van der Waals surface area contributed by atoms with Crippen molar-refractivity contribution in [2.75, 3.05) is 30.1 Å². The van der Waals surface area contributed by atoms with Crippen LogP contribution in [0.1, 0.15) is 6.42 Å². The highest BCUT2D eigenvalue weighted by Crippen LogP contribution is 2.36. The second-order valence-electron chi connectivity index (χ2n) is 6.81. The molecule has 28 heavy (non-hydrogen) atoms. The zero-order valence-electron chi connectivity index (χ0n) is 15.0. The molecule has 0 aliphatic carbocycles. The fraction of sp³-hybridized carbons (Fsp3) is 0.250. The quantitative estimate of drug-likeness (QED) is 0.753. The van der Waals surface area contributed by atoms with Crippen LogP contribution in [0.2, 0.25) is 0 Å². The molecule has 0 spiro atoms. The first-order chi connectivity index (χ1) is 13.7. The molecule has 3 aromatic rings. The molecule has 1 fully saturated rings. The number of hydrogen-bond acceptors (Lipinski definition) is 5. The molecule has 8 heteroatoms. The van der Waals surface area contributed by atoms with Crippen molar-refractivity contribution >= 4 is 28.5 Å². The molecule has 8 nitrogen and oxygen atoms in total. The van der Waals surface area contributed by atoms with Crippen molar-refractivity contribution in [2.24, 2.45) is 5.92 Å². The van der Waals surface area contributed by atoms with Crippen molar-refractivity contribution in [1.82, 2.24) is 9.66 Å². The summed E-state index contributed by atoms with van der Waals surface area (Å²) in [6.07, 6.45) is 1.73. The van der Waals surface area contributed by atoms with Gasteiger partial charge in [-0.05, 0) is 24.3 Å². The van der Waals surface area contributed by atoms with Crippen molar-refractivity contribution in [1.29, 1.82) is 0 Å². The van der Waals surface area contributed by atoms with Gasteiger partial charge in [-0.25, -0.2) is 9.66 Å². The Morgan fingerprint density at radius 1 is 1.11 bits per heavy atom. The molecule has 0 saturated carbocycles. The van der Waals surface area contributed by atoms with Crippen LogP contribution in [0.4, 0.5) is 5.69 Å². The van der Waals surface area contributed by atoms with Crippen LogP contribution in [0, 0.1) is 5.92 Å². The number of carbonyl (C=O) groups excluding carboxylic acids is 2. The highest BCUT2D eigenvalue weighted by molar-refractivity contribution is 6.02. The Labute approximate surface area is 160 Å². The number of nitrogens with zero attached hydrogens (tertiary/aromatic N) is 3. The number of imidazole rings is 1. The highest BCUT2D eigenvalue weighted by atomic mass is 16.6. The van der Waals surface area contributed by atoms with E-state index in [0.29, 0.717) is 36.9 Å². The smallest absolute Gasteiger partial charge is 0.244 e. The van der Waals surface area contributed by atoms with Crippen LogP contribution >= 0.6 is 0 Å². The first-order valence-corrected chi connectivity index (χ1v) is 9.12. The first kappa shape index (κ1) is 16.6. The molecule has 2 aliphatic rings. The van der Waals surface area contributed by atoms with Crippen LogP contribution in [-0.2, 0) is 9.59 Å². The third-order valence-electron chi connectivity index (χ3n) is 5.02. The van der Waals surface area contributed by atoms with Gasteiger partial charge in [0.1, 0.15) is 19.5 Å². The van der Waals surface area contributed by atoms with E-state index in [-0.39, 0.29) is 18.2 Å². The summed E-state index contributed by atoms with van der Waals surface area (Å²) in [4.78, 5) is 31.1. The summed E-state index contributed by atoms with van der Waals surface area (Å²) in [6.45, 7) is 1.31. The number of rotatable bonds is 3. The molecular weight excluding hydrogens is 360 g/mol. The van der Waals surface area contributed by atoms with Crippen molar-refractivity contribution < 1.29 is 19.1 Å². The number of para-hydroxylation sites is 2. The standard InChI is InChI=1S/C20H18N4O4/c25-19-9-13(20(26)22-24-12-21-15-3-1-2-4-16(15)24)11-23(19)14-5-6-17-18(10-14)28-8-7-27-17/h1-6,10,12-13H,7-9,11H2,(H,22,26). The maximum Gasteiger partial charge on any atom is 0.244 e. The van der Waals surface area contributed by atoms with Gasteiger partial charge in [0, 0.05) is 24.7 Å². The maximum absolute atomic E-state index is 12.7. The van der Waals surface area contributed by atoms with E-state index in [1.165, 1.54) is 0 Å². The molecule has 0 bridgehead atoms. The van der Waals surface area contributed by atoms with Crippen LogP contribution in [0.25, 0.3) is 11.0 Å². The van der Waals surface area contributed by atoms with Gasteiger partial charge < -0.3 is 14.4 Å². The van der Waals surface area contributed by atoms with Gasteiger partial charge in [0.25, 0.3) is 0 Å². The molecule has 2 aliphatic heterocycles. The van der Waals surface area contributed by atoms with Gasteiger partial charge in [-0.2, -0.15) is 0 Å². The fourth-order valence-corrected chi connectivity index (χ4v) is 3.59. The Kier molecular flexibility index (Phi) is 3.89. The largest absolute Gasteiger partial charge is 0.486 e. The summed E-state index contributed by atoms with van der Waals surface area (Å²) in [6, 6.07) is 12.9. The van der Waals surface area contributed by atoms with E-state index in [1.807, 2.05) is 30.3 Å². The van der Waals surface area contributed by atoms with E-state index < -0.39 is 5.92 Å². The van der Waals surface area contributed by atoms with Crippen molar-refractivity contribution in [2.45, 2.75) is 6.42 Å². The summed E-state index contributed by atoms with van der Waals surface area (Å²) in [5.74, 6) is 0.544. The number of hydrogen-bond donors (Lipinski definition) is 1. The predicted molar refractivity (Wildman–Crippen MR) is 102 cm³/mol. The Bertz CT molecular complexity index is 1080. The van der Waals surface area contributed by atoms with E-state index in [1.54, 1.807) is 28.0 Å². The number of ether oxygens (including phenoxy) is 2. The molecule has 1 aromatic heterocycles. The minimum atomic E-state index is -0.443. The van der Waals surface area contributed by atoms with Gasteiger partial charge in [-0.3, -0.25) is 15.0 Å². The number of nitrogens with one attached hydrogen (secondary N) is 1. The molecule has 1 N–H and O–H groups in total. The van der Waals surface area contributed by atoms with E-state index in [0.717, 1.165) is 11.0 Å². The number of fused-ring (bicyclic) bond motifs is 2. The third-order valence-corrected chi connectivity index (χ3v) is 5.02. The third kappa shape index (κ3) is 2.83. The zero-order chi connectivity index (χ0) is 19.1. The van der Waals surface area contributed by atoms with Crippen molar-refractivity contribution in [3.63, 3.8) is 0 Å². The van der Waals surface area contributed by atoms with Gasteiger partial charge in [-0.15, -0.1) is 0 Å². The van der Waals surface area contributed by atoms with Crippen LogP contribution in [0.5, 0.6) is 11.5 Å². The lowest BCUT2D eigenvalue weighted by Crippen LogP contribution is -2.31. The number of aromatic nitrogens is 2. The van der Waals surface area contributed by atoms with E-state index >= 15 is 0 Å². The second kappa shape index (κ2) is 6.56. The van der Waals surface area contributed by atoms with Gasteiger partial charge in [0.15, 0.2) is 11.5 Å². The van der Waals surface area contributed by atoms with Crippen LogP contribution in [0.3, 0.4) is 0 Å². The summed E-state index contributed by atoms with van der Waals surface area (Å²) in [7, 11) is 0. The van der Waals surface area contributed by atoms with Gasteiger partial charge in [-0.1, -0.05) is 12.1 Å². The molecule has 1 atom stereocenters. The summed E-state index contributed by atoms with van der Waals surface area (Å²) in [5, 5.41) is 0. The number of anilines is 1. The monoisotopic (exact) mass is 378 g/mol. The SMILES string of the molecule is O=C(Nn1cnc2ccccc21)C1CC(=O)N(c2ccc3c(c2)OCCO3)C1. The van der Waals surface area contributed by atoms with Crippen LogP contribution in [0.15, 0.2) is 48.8 Å². The predicted octanol–water partition coefficient (Wildman–Crippen LogP) is 1.93. The highest BCUT2D eigenvalue weighted by Gasteiger charge is 2.36. The lowest BCUT2D eigenvalue weighted by Gasteiger charge is -2.22. The number of carbonyl (C=O) groups is 2. The molecule has 2 aromatic carbocycles. The lowest BCUT2D eigenvalue weighted by molar-refractivity contribution is -0.123. The Morgan fingerprint density at radius 2 is 1.93 bits per heavy atom. The molecule has 5 rings (SSSR count). The second-order valence-corrected chi connectivity index (χ2v) is 6.81. The molecule has 142 valence electrons. The number of amides is 2. The van der Waals surface area contributed by atoms with Gasteiger partial charge >= 0.3 is 0 Å². The van der Waals surface area contributed by atoms with Crippen molar-refractivity contribution in [3.05, 3.63) is 48.8 Å². The zero-order valence-corrected chi connectivity index (χ0v) is 15.0. The molecular formula is C20H18N4O4. The molecule has 2 amide bonds. The van der Waals surface area contributed by atoms with E-state index in [4.69, 9.17) is 9.47 Å². The van der Waals surface area contributed by atoms with Gasteiger partial charge in [0.05, 0.1) is 17.0 Å². The number of benzene rings is 2. The minimum absolute atomic E-state index is 0.0904. The molecule has 1 unspecified atom stereocenters. The van der Waals surface area contributed by atoms with E-state index in [9.17, 15) is 9.59 Å². The molecule has 0 radical (unpaired) electrons. The van der Waals surface area contributed by atoms with Crippen LogP contribution < -0.4 is 19.8 Å². The Hall–Kier alpha value is -3.55. The minimum Gasteiger partial charge on any atom is -0.486 e. The van der Waals surface area contributed by atoms with Crippen molar-refractivity contribution in [3.8, 4) is 11.5 Å². The average molecular weight is 378 g/mol. The maximum atomic E-state index is 12.7. The summed E-state index contributed by atoms with van der Waals surface area (Å²) >= 11 is 0. The summed E-state index contributed by atoms with van der Waals surface area (Å²) in [5.41, 5.74) is 5.15. The van der Waals surface area contributed by atoms with E-state index in [2.05, 4.69) is 10.4 Å². The molecule has 1 saturated heterocycles. The fourth-order valence-electron chi connectivity index (χ4n) is 3.59. The van der Waals surface area contributed by atoms with Gasteiger partial charge in [0.2, 0.25) is 11.8 Å². The van der Waals surface area contributed by atoms with Crippen LogP contribution in [-0.4, -0.2) is 41.2 Å². The topological polar surface area (TPSA) is 85.7 Å². The lowest BCUT2D eigenvalue weighted by atomic mass is 10.1. The molecule has 3 heterocycles. The average Bonchev–Trinajstić information content (AvgIpc) is 3.31. The normalized spacial score (nSPS) is 18.5.